The standard InChI is InChI=1S/C19H16N2O4S/c1-2-25-18(24)12-7-9-14(10-8-12)21-17(23)16(26-19(21)20)11-13-5-3-4-6-15(13)22/h3-11,20,22H,2H2,1H3/b16-11-,20-19?. The lowest BCUT2D eigenvalue weighted by atomic mass is 10.1. The topological polar surface area (TPSA) is 90.7 Å². The van der Waals surface area contributed by atoms with E-state index in [2.05, 4.69) is 0 Å². The van der Waals surface area contributed by atoms with Gasteiger partial charge in [-0.1, -0.05) is 18.2 Å². The molecular formula is C19H16N2O4S. The summed E-state index contributed by atoms with van der Waals surface area (Å²) in [4.78, 5) is 26.0. The SMILES string of the molecule is CCOC(=O)c1ccc(N2C(=N)S/C(=C\c3ccccc3O)C2=O)cc1. The number of anilines is 1. The van der Waals surface area contributed by atoms with Gasteiger partial charge in [0.25, 0.3) is 5.91 Å². The third-order valence-electron chi connectivity index (χ3n) is 3.68. The number of hydrogen-bond donors (Lipinski definition) is 2. The van der Waals surface area contributed by atoms with Crippen molar-refractivity contribution < 1.29 is 19.4 Å². The number of carbonyl (C=O) groups excluding carboxylic acids is 2. The quantitative estimate of drug-likeness (QED) is 0.635. The molecule has 0 atom stereocenters. The highest BCUT2D eigenvalue weighted by molar-refractivity contribution is 8.19. The minimum atomic E-state index is -0.434. The number of rotatable bonds is 4. The summed E-state index contributed by atoms with van der Waals surface area (Å²) in [6.45, 7) is 2.01. The zero-order valence-corrected chi connectivity index (χ0v) is 14.7. The van der Waals surface area contributed by atoms with Crippen molar-refractivity contribution in [2.45, 2.75) is 6.92 Å². The molecule has 0 bridgehead atoms. The number of carbonyl (C=O) groups is 2. The monoisotopic (exact) mass is 368 g/mol. The first-order valence-corrected chi connectivity index (χ1v) is 8.70. The Morgan fingerprint density at radius 2 is 1.92 bits per heavy atom. The van der Waals surface area contributed by atoms with Gasteiger partial charge in [0.15, 0.2) is 5.17 Å². The van der Waals surface area contributed by atoms with Crippen molar-refractivity contribution in [3.8, 4) is 5.75 Å². The Morgan fingerprint density at radius 1 is 1.23 bits per heavy atom. The number of phenols is 1. The van der Waals surface area contributed by atoms with Crippen LogP contribution in [-0.2, 0) is 9.53 Å². The van der Waals surface area contributed by atoms with Crippen molar-refractivity contribution in [2.75, 3.05) is 11.5 Å². The molecule has 6 nitrogen and oxygen atoms in total. The van der Waals surface area contributed by atoms with E-state index < -0.39 is 5.97 Å². The van der Waals surface area contributed by atoms with Gasteiger partial charge >= 0.3 is 5.97 Å². The van der Waals surface area contributed by atoms with Crippen LogP contribution < -0.4 is 4.90 Å². The molecule has 1 heterocycles. The molecule has 1 aliphatic heterocycles. The molecule has 2 aromatic carbocycles. The van der Waals surface area contributed by atoms with E-state index in [-0.39, 0.29) is 23.4 Å². The van der Waals surface area contributed by atoms with E-state index in [0.717, 1.165) is 11.8 Å². The molecule has 0 radical (unpaired) electrons. The van der Waals surface area contributed by atoms with Crippen LogP contribution >= 0.6 is 11.8 Å². The van der Waals surface area contributed by atoms with Gasteiger partial charge < -0.3 is 9.84 Å². The van der Waals surface area contributed by atoms with E-state index in [1.807, 2.05) is 0 Å². The maximum absolute atomic E-state index is 12.7. The molecule has 0 unspecified atom stereocenters. The highest BCUT2D eigenvalue weighted by Crippen LogP contribution is 2.36. The molecule has 1 fully saturated rings. The summed E-state index contributed by atoms with van der Waals surface area (Å²) in [6.07, 6.45) is 1.56. The second kappa shape index (κ2) is 7.45. The van der Waals surface area contributed by atoms with Crippen LogP contribution in [0, 0.1) is 5.41 Å². The molecular weight excluding hydrogens is 352 g/mol. The Bertz CT molecular complexity index is 906. The fourth-order valence-corrected chi connectivity index (χ4v) is 3.29. The summed E-state index contributed by atoms with van der Waals surface area (Å²) in [7, 11) is 0. The van der Waals surface area contributed by atoms with E-state index in [0.29, 0.717) is 21.7 Å². The van der Waals surface area contributed by atoms with E-state index >= 15 is 0 Å². The third kappa shape index (κ3) is 3.48. The van der Waals surface area contributed by atoms with Crippen LogP contribution in [0.25, 0.3) is 6.08 Å². The number of ether oxygens (including phenoxy) is 1. The fraction of sp³-hybridized carbons (Fsp3) is 0.105. The molecule has 3 rings (SSSR count). The van der Waals surface area contributed by atoms with Crippen molar-refractivity contribution in [2.24, 2.45) is 0 Å². The molecule has 0 aliphatic carbocycles. The van der Waals surface area contributed by atoms with Crippen molar-refractivity contribution in [1.29, 1.82) is 5.41 Å². The smallest absolute Gasteiger partial charge is 0.338 e. The van der Waals surface area contributed by atoms with Gasteiger partial charge in [0.05, 0.1) is 22.8 Å². The van der Waals surface area contributed by atoms with Gasteiger partial charge in [-0.05, 0) is 55.1 Å². The van der Waals surface area contributed by atoms with Gasteiger partial charge in [0, 0.05) is 5.56 Å². The highest BCUT2D eigenvalue weighted by Gasteiger charge is 2.33. The fourth-order valence-electron chi connectivity index (χ4n) is 2.43. The number of nitrogens with zero attached hydrogens (tertiary/aromatic N) is 1. The Labute approximate surface area is 154 Å². The molecule has 2 aromatic rings. The average molecular weight is 368 g/mol. The van der Waals surface area contributed by atoms with Gasteiger partial charge in [-0.2, -0.15) is 0 Å². The highest BCUT2D eigenvalue weighted by atomic mass is 32.2. The van der Waals surface area contributed by atoms with Gasteiger partial charge in [-0.25, -0.2) is 4.79 Å². The van der Waals surface area contributed by atoms with Crippen LogP contribution in [0.15, 0.2) is 53.4 Å². The van der Waals surface area contributed by atoms with Crippen LogP contribution in [0.3, 0.4) is 0 Å². The zero-order valence-electron chi connectivity index (χ0n) is 13.9. The van der Waals surface area contributed by atoms with Crippen molar-refractivity contribution >= 4 is 40.6 Å². The van der Waals surface area contributed by atoms with Gasteiger partial charge in [0.1, 0.15) is 5.75 Å². The maximum Gasteiger partial charge on any atom is 0.338 e. The normalized spacial score (nSPS) is 15.6. The maximum atomic E-state index is 12.7. The van der Waals surface area contributed by atoms with Crippen LogP contribution in [0.5, 0.6) is 5.75 Å². The number of hydrogen-bond acceptors (Lipinski definition) is 6. The summed E-state index contributed by atoms with van der Waals surface area (Å²) in [5.74, 6) is -0.722. The predicted octanol–water partition coefficient (Wildman–Crippen LogP) is 3.62. The summed E-state index contributed by atoms with van der Waals surface area (Å²) in [5.41, 5.74) is 1.38. The van der Waals surface area contributed by atoms with E-state index in [1.165, 1.54) is 11.0 Å². The number of para-hydroxylation sites is 1. The van der Waals surface area contributed by atoms with Crippen molar-refractivity contribution in [3.05, 3.63) is 64.6 Å². The van der Waals surface area contributed by atoms with Crippen molar-refractivity contribution in [3.63, 3.8) is 0 Å². The van der Waals surface area contributed by atoms with Gasteiger partial charge in [0.2, 0.25) is 0 Å². The van der Waals surface area contributed by atoms with Crippen LogP contribution in [0.2, 0.25) is 0 Å². The predicted molar refractivity (Wildman–Crippen MR) is 101 cm³/mol. The zero-order chi connectivity index (χ0) is 18.7. The Morgan fingerprint density at radius 3 is 2.58 bits per heavy atom. The Kier molecular flexibility index (Phi) is 5.09. The number of esters is 1. The lowest BCUT2D eigenvalue weighted by Crippen LogP contribution is -2.28. The first-order valence-electron chi connectivity index (χ1n) is 7.89. The number of aromatic hydroxyl groups is 1. The van der Waals surface area contributed by atoms with E-state index in [4.69, 9.17) is 10.1 Å². The lowest BCUT2D eigenvalue weighted by Gasteiger charge is -2.14. The molecule has 1 saturated heterocycles. The molecule has 0 spiro atoms. The summed E-state index contributed by atoms with van der Waals surface area (Å²) >= 11 is 1.02. The van der Waals surface area contributed by atoms with Crippen LogP contribution in [-0.4, -0.2) is 28.8 Å². The summed E-state index contributed by atoms with van der Waals surface area (Å²) in [5, 5.41) is 18.0. The molecule has 1 aliphatic rings. The average Bonchev–Trinajstić information content (AvgIpc) is 2.91. The first kappa shape index (κ1) is 17.8. The molecule has 0 aromatic heterocycles. The lowest BCUT2D eigenvalue weighted by molar-refractivity contribution is -0.113. The minimum Gasteiger partial charge on any atom is -0.507 e. The van der Waals surface area contributed by atoms with E-state index in [1.54, 1.807) is 55.5 Å². The molecule has 1 amide bonds. The molecule has 7 heteroatoms. The molecule has 26 heavy (non-hydrogen) atoms. The number of phenolic OH excluding ortho intramolecular Hbond substituents is 1. The number of nitrogens with one attached hydrogen (secondary N) is 1. The Hall–Kier alpha value is -3.06. The van der Waals surface area contributed by atoms with Crippen LogP contribution in [0.4, 0.5) is 5.69 Å². The largest absolute Gasteiger partial charge is 0.507 e. The van der Waals surface area contributed by atoms with Crippen LogP contribution in [0.1, 0.15) is 22.8 Å². The summed E-state index contributed by atoms with van der Waals surface area (Å²) in [6, 6.07) is 13.0. The van der Waals surface area contributed by atoms with Gasteiger partial charge in [-0.15, -0.1) is 0 Å². The van der Waals surface area contributed by atoms with Gasteiger partial charge in [-0.3, -0.25) is 15.1 Å². The number of benzene rings is 2. The Balaban J connectivity index is 1.85. The van der Waals surface area contributed by atoms with E-state index in [9.17, 15) is 14.7 Å². The second-order valence-electron chi connectivity index (χ2n) is 5.38. The van der Waals surface area contributed by atoms with Crippen molar-refractivity contribution in [1.82, 2.24) is 0 Å². The second-order valence-corrected chi connectivity index (χ2v) is 6.41. The number of amidine groups is 1. The number of thioether (sulfide) groups is 1. The third-order valence-corrected chi connectivity index (χ3v) is 4.57. The first-order chi connectivity index (χ1) is 12.5. The molecule has 0 saturated carbocycles. The molecule has 132 valence electrons. The summed E-state index contributed by atoms with van der Waals surface area (Å²) < 4.78 is 4.93. The molecule has 2 N–H and O–H groups in total. The minimum absolute atomic E-state index is 0.0561. The number of amides is 1.